The van der Waals surface area contributed by atoms with E-state index in [4.69, 9.17) is 5.11 Å². The first-order valence-corrected chi connectivity index (χ1v) is 14.3. The molecule has 1 atom stereocenters. The third-order valence-electron chi connectivity index (χ3n) is 7.94. The van der Waals surface area contributed by atoms with Gasteiger partial charge in [-0.25, -0.2) is 32.5 Å². The SMILES string of the molecule is O=c1n(-c2ccc(N3CCN(c4ccc(CCO)cc4)CC3)cc2)cnn1CC(O)(Cn1cncn1)c1ccc(F)cc1F. The van der Waals surface area contributed by atoms with Crippen LogP contribution in [0.5, 0.6) is 0 Å². The minimum Gasteiger partial charge on any atom is -0.396 e. The number of anilines is 2. The van der Waals surface area contributed by atoms with Crippen LogP contribution in [0.15, 0.2) is 90.5 Å². The van der Waals surface area contributed by atoms with Gasteiger partial charge in [0.05, 0.1) is 18.8 Å². The highest BCUT2D eigenvalue weighted by Gasteiger charge is 2.35. The van der Waals surface area contributed by atoms with Crippen LogP contribution in [0.2, 0.25) is 0 Å². The molecule has 0 spiro atoms. The Bertz CT molecular complexity index is 1750. The molecule has 3 aromatic carbocycles. The first kappa shape index (κ1) is 29.2. The molecule has 0 radical (unpaired) electrons. The van der Waals surface area contributed by atoms with Crippen LogP contribution in [0.4, 0.5) is 20.2 Å². The van der Waals surface area contributed by atoms with Crippen molar-refractivity contribution >= 4 is 11.4 Å². The Morgan fingerprint density at radius 2 is 1.43 bits per heavy atom. The van der Waals surface area contributed by atoms with Crippen molar-refractivity contribution in [2.75, 3.05) is 42.6 Å². The summed E-state index contributed by atoms with van der Waals surface area (Å²) in [5.74, 6) is -1.74. The maximum absolute atomic E-state index is 14.8. The lowest BCUT2D eigenvalue weighted by Gasteiger charge is -2.37. The van der Waals surface area contributed by atoms with Crippen molar-refractivity contribution in [3.05, 3.63) is 119 Å². The van der Waals surface area contributed by atoms with Gasteiger partial charge in [0.25, 0.3) is 0 Å². The zero-order valence-corrected chi connectivity index (χ0v) is 23.9. The van der Waals surface area contributed by atoms with Crippen molar-refractivity contribution in [2.24, 2.45) is 0 Å². The molecule has 1 aliphatic rings. The molecule has 1 aliphatic heterocycles. The monoisotopic (exact) mass is 602 g/mol. The van der Waals surface area contributed by atoms with Crippen LogP contribution in [0.1, 0.15) is 11.1 Å². The quantitative estimate of drug-likeness (QED) is 0.250. The van der Waals surface area contributed by atoms with E-state index < -0.39 is 29.5 Å². The lowest BCUT2D eigenvalue weighted by atomic mass is 9.93. The highest BCUT2D eigenvalue weighted by atomic mass is 19.1. The highest BCUT2D eigenvalue weighted by Crippen LogP contribution is 2.28. The van der Waals surface area contributed by atoms with Crippen LogP contribution in [0, 0.1) is 11.6 Å². The van der Waals surface area contributed by atoms with E-state index in [9.17, 15) is 18.7 Å². The average molecular weight is 603 g/mol. The van der Waals surface area contributed by atoms with Gasteiger partial charge < -0.3 is 20.0 Å². The topological polar surface area (TPSA) is 117 Å². The Balaban J connectivity index is 1.15. The van der Waals surface area contributed by atoms with Crippen molar-refractivity contribution in [1.29, 1.82) is 0 Å². The molecule has 0 bridgehead atoms. The highest BCUT2D eigenvalue weighted by molar-refractivity contribution is 5.54. The Labute approximate surface area is 251 Å². The molecule has 1 unspecified atom stereocenters. The normalized spacial score (nSPS) is 15.0. The molecule has 13 heteroatoms. The van der Waals surface area contributed by atoms with Crippen LogP contribution in [0.3, 0.4) is 0 Å². The Morgan fingerprint density at radius 3 is 2.02 bits per heavy atom. The molecule has 1 saturated heterocycles. The number of halogens is 2. The number of benzene rings is 3. The van der Waals surface area contributed by atoms with Gasteiger partial charge in [-0.1, -0.05) is 18.2 Å². The zero-order chi connectivity index (χ0) is 30.7. The lowest BCUT2D eigenvalue weighted by molar-refractivity contribution is -0.00948. The van der Waals surface area contributed by atoms with Crippen molar-refractivity contribution in [1.82, 2.24) is 29.1 Å². The fourth-order valence-corrected chi connectivity index (χ4v) is 5.59. The Morgan fingerprint density at radius 1 is 0.795 bits per heavy atom. The van der Waals surface area contributed by atoms with Crippen molar-refractivity contribution in [3.8, 4) is 5.69 Å². The number of aliphatic hydroxyl groups excluding tert-OH is 1. The summed E-state index contributed by atoms with van der Waals surface area (Å²) in [6.07, 6.45) is 4.62. The van der Waals surface area contributed by atoms with Crippen molar-refractivity contribution < 1.29 is 19.0 Å². The molecular formula is C31H32F2N8O3. The largest absolute Gasteiger partial charge is 0.396 e. The number of rotatable bonds is 10. The van der Waals surface area contributed by atoms with Gasteiger partial charge in [0.15, 0.2) is 0 Å². The van der Waals surface area contributed by atoms with E-state index >= 15 is 0 Å². The molecule has 6 rings (SSSR count). The Kier molecular flexibility index (Phi) is 8.22. The van der Waals surface area contributed by atoms with Gasteiger partial charge in [-0.05, 0) is 54.4 Å². The van der Waals surface area contributed by atoms with E-state index in [1.54, 1.807) is 0 Å². The van der Waals surface area contributed by atoms with Gasteiger partial charge in [0, 0.05) is 55.8 Å². The van der Waals surface area contributed by atoms with E-state index in [1.807, 2.05) is 24.3 Å². The van der Waals surface area contributed by atoms with Gasteiger partial charge >= 0.3 is 5.69 Å². The number of hydrogen-bond acceptors (Lipinski definition) is 8. The van der Waals surface area contributed by atoms with E-state index in [1.165, 1.54) is 28.2 Å². The van der Waals surface area contributed by atoms with Gasteiger partial charge in [-0.15, -0.1) is 0 Å². The minimum atomic E-state index is -1.98. The van der Waals surface area contributed by atoms with Gasteiger partial charge in [-0.2, -0.15) is 10.2 Å². The van der Waals surface area contributed by atoms with Crippen LogP contribution < -0.4 is 15.5 Å². The average Bonchev–Trinajstić information content (AvgIpc) is 3.67. The molecule has 11 nitrogen and oxygen atoms in total. The molecule has 228 valence electrons. The fraction of sp³-hybridized carbons (Fsp3) is 0.290. The molecule has 3 heterocycles. The maximum Gasteiger partial charge on any atom is 0.350 e. The number of nitrogens with zero attached hydrogens (tertiary/aromatic N) is 8. The smallest absolute Gasteiger partial charge is 0.350 e. The molecular weight excluding hydrogens is 570 g/mol. The van der Waals surface area contributed by atoms with Crippen LogP contribution >= 0.6 is 0 Å². The third kappa shape index (κ3) is 6.10. The predicted molar refractivity (Wildman–Crippen MR) is 160 cm³/mol. The summed E-state index contributed by atoms with van der Waals surface area (Å²) in [5, 5.41) is 28.9. The molecule has 2 N–H and O–H groups in total. The summed E-state index contributed by atoms with van der Waals surface area (Å²) in [6.45, 7) is 2.87. The number of aliphatic hydroxyl groups is 2. The fourth-order valence-electron chi connectivity index (χ4n) is 5.59. The summed E-state index contributed by atoms with van der Waals surface area (Å²) in [4.78, 5) is 21.9. The molecule has 44 heavy (non-hydrogen) atoms. The second kappa shape index (κ2) is 12.4. The number of hydrogen-bond donors (Lipinski definition) is 2. The van der Waals surface area contributed by atoms with Crippen LogP contribution in [-0.4, -0.2) is 72.1 Å². The molecule has 0 amide bonds. The summed E-state index contributed by atoms with van der Waals surface area (Å²) < 4.78 is 32.1. The predicted octanol–water partition coefficient (Wildman–Crippen LogP) is 2.35. The van der Waals surface area contributed by atoms with Crippen molar-refractivity contribution in [3.63, 3.8) is 0 Å². The van der Waals surface area contributed by atoms with E-state index in [-0.39, 0.29) is 18.7 Å². The first-order chi connectivity index (χ1) is 21.3. The second-order valence-corrected chi connectivity index (χ2v) is 10.8. The molecule has 0 aliphatic carbocycles. The van der Waals surface area contributed by atoms with Gasteiger partial charge in [0.2, 0.25) is 0 Å². The van der Waals surface area contributed by atoms with Gasteiger partial charge in [0.1, 0.15) is 36.2 Å². The lowest BCUT2D eigenvalue weighted by Crippen LogP contribution is -2.46. The van der Waals surface area contributed by atoms with Crippen molar-refractivity contribution in [2.45, 2.75) is 25.1 Å². The van der Waals surface area contributed by atoms with E-state index in [2.05, 4.69) is 49.2 Å². The third-order valence-corrected chi connectivity index (χ3v) is 7.94. The van der Waals surface area contributed by atoms with Crippen LogP contribution in [-0.2, 0) is 25.1 Å². The molecule has 0 saturated carbocycles. The molecule has 5 aromatic rings. The summed E-state index contributed by atoms with van der Waals surface area (Å²) >= 11 is 0. The number of aromatic nitrogens is 6. The first-order valence-electron chi connectivity index (χ1n) is 14.3. The standard InChI is InChI=1S/C31H32F2N8O3/c32-24-3-10-28(29(33)17-24)31(44,18-39-21-34-20-35-39)19-41-30(43)40(22-36-41)27-8-6-26(7-9-27)38-14-12-37(13-15-38)25-4-1-23(2-5-25)11-16-42/h1-10,17,20-22,42,44H,11-16,18-19H2. The van der Waals surface area contributed by atoms with Crippen LogP contribution in [0.25, 0.3) is 5.69 Å². The minimum absolute atomic E-state index is 0.140. The summed E-state index contributed by atoms with van der Waals surface area (Å²) in [7, 11) is 0. The van der Waals surface area contributed by atoms with E-state index in [0.717, 1.165) is 59.9 Å². The summed E-state index contributed by atoms with van der Waals surface area (Å²) in [5.41, 5.74) is 1.18. The molecule has 2 aromatic heterocycles. The second-order valence-electron chi connectivity index (χ2n) is 10.8. The maximum atomic E-state index is 14.8. The Hall–Kier alpha value is -4.88. The number of piperazine rings is 1. The zero-order valence-electron chi connectivity index (χ0n) is 23.9. The van der Waals surface area contributed by atoms with Gasteiger partial charge in [-0.3, -0.25) is 0 Å². The summed E-state index contributed by atoms with van der Waals surface area (Å²) in [6, 6.07) is 18.7. The molecule has 1 fully saturated rings. The van der Waals surface area contributed by atoms with E-state index in [0.29, 0.717) is 18.2 Å².